The van der Waals surface area contributed by atoms with E-state index < -0.39 is 0 Å². The minimum absolute atomic E-state index is 0.0897. The van der Waals surface area contributed by atoms with Gasteiger partial charge in [-0.15, -0.1) is 0 Å². The summed E-state index contributed by atoms with van der Waals surface area (Å²) in [4.78, 5) is 33.4. The number of H-pyrrole nitrogens is 1. The highest BCUT2D eigenvalue weighted by molar-refractivity contribution is 8.26. The summed E-state index contributed by atoms with van der Waals surface area (Å²) >= 11 is 6.46. The van der Waals surface area contributed by atoms with Crippen molar-refractivity contribution in [2.75, 3.05) is 20.2 Å². The fourth-order valence-electron chi connectivity index (χ4n) is 2.45. The zero-order chi connectivity index (χ0) is 19.2. The Morgan fingerprint density at radius 3 is 2.85 bits per heavy atom. The molecule has 2 aromatic rings. The summed E-state index contributed by atoms with van der Waals surface area (Å²) < 4.78 is 5.50. The first-order valence-corrected chi connectivity index (χ1v) is 9.42. The van der Waals surface area contributed by atoms with E-state index in [0.717, 1.165) is 17.0 Å². The van der Waals surface area contributed by atoms with Crippen LogP contribution in [0.25, 0.3) is 6.08 Å². The Bertz CT molecular complexity index is 863. The molecular formula is C18H18N4O3S2. The molecule has 0 bridgehead atoms. The van der Waals surface area contributed by atoms with Crippen molar-refractivity contribution in [3.63, 3.8) is 0 Å². The third kappa shape index (κ3) is 4.95. The molecule has 3 rings (SSSR count). The van der Waals surface area contributed by atoms with Gasteiger partial charge in [-0.2, -0.15) is 0 Å². The second-order valence-corrected chi connectivity index (χ2v) is 7.39. The van der Waals surface area contributed by atoms with Crippen LogP contribution in [0.3, 0.4) is 0 Å². The number of thioether (sulfide) groups is 1. The van der Waals surface area contributed by atoms with Crippen molar-refractivity contribution in [3.8, 4) is 5.75 Å². The Balaban J connectivity index is 1.56. The predicted molar refractivity (Wildman–Crippen MR) is 108 cm³/mol. The molecule has 7 nitrogen and oxygen atoms in total. The molecule has 0 saturated carbocycles. The van der Waals surface area contributed by atoms with E-state index in [-0.39, 0.29) is 18.4 Å². The number of hydrogen-bond donors (Lipinski definition) is 2. The maximum absolute atomic E-state index is 12.6. The van der Waals surface area contributed by atoms with Gasteiger partial charge in [0.2, 0.25) is 5.91 Å². The quantitative estimate of drug-likeness (QED) is 0.544. The molecule has 2 amide bonds. The molecule has 1 fully saturated rings. The number of benzene rings is 1. The van der Waals surface area contributed by atoms with Crippen molar-refractivity contribution >= 4 is 46.2 Å². The number of ether oxygens (including phenoxy) is 1. The fourth-order valence-corrected chi connectivity index (χ4v) is 3.70. The zero-order valence-corrected chi connectivity index (χ0v) is 16.2. The van der Waals surface area contributed by atoms with Gasteiger partial charge in [-0.3, -0.25) is 14.5 Å². The Morgan fingerprint density at radius 1 is 1.41 bits per heavy atom. The van der Waals surface area contributed by atoms with Crippen molar-refractivity contribution in [2.24, 2.45) is 0 Å². The van der Waals surface area contributed by atoms with E-state index in [1.807, 2.05) is 24.3 Å². The predicted octanol–water partition coefficient (Wildman–Crippen LogP) is 1.98. The lowest BCUT2D eigenvalue weighted by molar-refractivity contribution is -0.128. The van der Waals surface area contributed by atoms with E-state index in [1.165, 1.54) is 16.7 Å². The summed E-state index contributed by atoms with van der Waals surface area (Å²) in [6.45, 7) is 0.366. The molecule has 140 valence electrons. The molecule has 1 aliphatic heterocycles. The molecule has 0 radical (unpaired) electrons. The molecule has 0 spiro atoms. The summed E-state index contributed by atoms with van der Waals surface area (Å²) in [6, 6.07) is 7.35. The summed E-state index contributed by atoms with van der Waals surface area (Å²) in [5.74, 6) is 0.229. The van der Waals surface area contributed by atoms with Crippen LogP contribution in [0, 0.1) is 0 Å². The molecule has 9 heteroatoms. The van der Waals surface area contributed by atoms with E-state index in [2.05, 4.69) is 15.3 Å². The number of hydrogen-bond acceptors (Lipinski definition) is 6. The van der Waals surface area contributed by atoms with E-state index in [0.29, 0.717) is 22.2 Å². The van der Waals surface area contributed by atoms with Crippen molar-refractivity contribution in [3.05, 3.63) is 53.0 Å². The minimum Gasteiger partial charge on any atom is -0.497 e. The van der Waals surface area contributed by atoms with Crippen LogP contribution in [0.4, 0.5) is 0 Å². The normalized spacial score (nSPS) is 15.4. The number of aromatic amines is 1. The Kier molecular flexibility index (Phi) is 6.25. The molecule has 1 aromatic carbocycles. The number of rotatable bonds is 7. The number of thiocarbonyl (C=S) groups is 1. The van der Waals surface area contributed by atoms with Crippen LogP contribution >= 0.6 is 24.0 Å². The number of nitrogens with zero attached hydrogens (tertiary/aromatic N) is 2. The van der Waals surface area contributed by atoms with E-state index >= 15 is 0 Å². The minimum atomic E-state index is -0.260. The summed E-state index contributed by atoms with van der Waals surface area (Å²) in [6.07, 6.45) is 5.70. The molecule has 0 aliphatic carbocycles. The first kappa shape index (κ1) is 19.1. The van der Waals surface area contributed by atoms with Crippen LogP contribution < -0.4 is 10.1 Å². The molecule has 2 heterocycles. The summed E-state index contributed by atoms with van der Waals surface area (Å²) in [7, 11) is 1.60. The molecule has 0 atom stereocenters. The van der Waals surface area contributed by atoms with Crippen LogP contribution in [-0.4, -0.2) is 51.2 Å². The molecule has 1 aliphatic rings. The monoisotopic (exact) mass is 402 g/mol. The highest BCUT2D eigenvalue weighted by atomic mass is 32.2. The van der Waals surface area contributed by atoms with Gasteiger partial charge in [-0.25, -0.2) is 4.98 Å². The number of nitrogens with one attached hydrogen (secondary N) is 2. The molecule has 2 N–H and O–H groups in total. The van der Waals surface area contributed by atoms with Gasteiger partial charge in [-0.1, -0.05) is 36.1 Å². The first-order valence-electron chi connectivity index (χ1n) is 8.20. The summed E-state index contributed by atoms with van der Waals surface area (Å²) in [5.41, 5.74) is 1.80. The lowest BCUT2D eigenvalue weighted by atomic mass is 10.2. The molecule has 0 unspecified atom stereocenters. The maximum Gasteiger partial charge on any atom is 0.266 e. The molecular weight excluding hydrogens is 384 g/mol. The average molecular weight is 403 g/mol. The number of imidazole rings is 1. The maximum atomic E-state index is 12.6. The van der Waals surface area contributed by atoms with Crippen LogP contribution in [0.15, 0.2) is 41.7 Å². The average Bonchev–Trinajstić information content (AvgIpc) is 3.27. The van der Waals surface area contributed by atoms with Gasteiger partial charge in [0, 0.05) is 24.9 Å². The second kappa shape index (κ2) is 8.83. The lowest BCUT2D eigenvalue weighted by Gasteiger charge is -2.14. The number of amides is 2. The van der Waals surface area contributed by atoms with Crippen LogP contribution in [0.1, 0.15) is 11.3 Å². The number of methoxy groups -OCH3 is 1. The van der Waals surface area contributed by atoms with Gasteiger partial charge >= 0.3 is 0 Å². The Morgan fingerprint density at radius 2 is 2.19 bits per heavy atom. The van der Waals surface area contributed by atoms with Crippen molar-refractivity contribution in [2.45, 2.75) is 6.42 Å². The Labute approximate surface area is 166 Å². The number of carbonyl (C=O) groups excluding carboxylic acids is 2. The van der Waals surface area contributed by atoms with Gasteiger partial charge < -0.3 is 15.0 Å². The number of carbonyl (C=O) groups is 2. The van der Waals surface area contributed by atoms with Gasteiger partial charge in [0.25, 0.3) is 5.91 Å². The highest BCUT2D eigenvalue weighted by Gasteiger charge is 2.33. The lowest BCUT2D eigenvalue weighted by Crippen LogP contribution is -2.40. The first-order chi connectivity index (χ1) is 13.1. The van der Waals surface area contributed by atoms with E-state index in [9.17, 15) is 9.59 Å². The van der Waals surface area contributed by atoms with Crippen LogP contribution in [0.2, 0.25) is 0 Å². The van der Waals surface area contributed by atoms with Gasteiger partial charge in [0.05, 0.1) is 18.3 Å². The standard InChI is InChI=1S/C18H18N4O3S2/c1-25-14-4-2-12(3-5-14)8-15-17(24)22(18(26)27-15)10-16(23)20-7-6-13-9-19-11-21-13/h2-5,8-9,11H,6-7,10H2,1H3,(H,19,21)(H,20,23)/b15-8+. The highest BCUT2D eigenvalue weighted by Crippen LogP contribution is 2.32. The van der Waals surface area contributed by atoms with Crippen LogP contribution in [-0.2, 0) is 16.0 Å². The molecule has 1 saturated heterocycles. The third-order valence-electron chi connectivity index (χ3n) is 3.86. The van der Waals surface area contributed by atoms with Gasteiger partial charge in [0.1, 0.15) is 16.6 Å². The van der Waals surface area contributed by atoms with Gasteiger partial charge in [0.15, 0.2) is 0 Å². The van der Waals surface area contributed by atoms with E-state index in [4.69, 9.17) is 17.0 Å². The van der Waals surface area contributed by atoms with Crippen molar-refractivity contribution in [1.29, 1.82) is 0 Å². The molecule has 27 heavy (non-hydrogen) atoms. The van der Waals surface area contributed by atoms with Crippen molar-refractivity contribution < 1.29 is 14.3 Å². The SMILES string of the molecule is COc1ccc(/C=C2/SC(=S)N(CC(=O)NCCc3cnc[nH]3)C2=O)cc1. The smallest absolute Gasteiger partial charge is 0.266 e. The molecule has 1 aromatic heterocycles. The topological polar surface area (TPSA) is 87.3 Å². The third-order valence-corrected chi connectivity index (χ3v) is 5.24. The number of aromatic nitrogens is 2. The van der Waals surface area contributed by atoms with Crippen molar-refractivity contribution in [1.82, 2.24) is 20.2 Å². The summed E-state index contributed by atoms with van der Waals surface area (Å²) in [5, 5.41) is 2.78. The largest absolute Gasteiger partial charge is 0.497 e. The second-order valence-electron chi connectivity index (χ2n) is 5.72. The van der Waals surface area contributed by atoms with E-state index in [1.54, 1.807) is 25.7 Å². The zero-order valence-electron chi connectivity index (χ0n) is 14.6. The Hall–Kier alpha value is -2.65. The fraction of sp³-hybridized carbons (Fsp3) is 0.222. The van der Waals surface area contributed by atoms with Crippen LogP contribution in [0.5, 0.6) is 5.75 Å². The van der Waals surface area contributed by atoms with Gasteiger partial charge in [-0.05, 0) is 23.8 Å².